The number of ether oxygens (including phenoxy) is 1. The van der Waals surface area contributed by atoms with Crippen molar-refractivity contribution in [3.63, 3.8) is 0 Å². The lowest BCUT2D eigenvalue weighted by Gasteiger charge is -2.25. The maximum Gasteiger partial charge on any atom is 0.262 e. The van der Waals surface area contributed by atoms with Gasteiger partial charge in [-0.1, -0.05) is 16.8 Å². The predicted octanol–water partition coefficient (Wildman–Crippen LogP) is 3.86. The predicted molar refractivity (Wildman–Crippen MR) is 124 cm³/mol. The second-order valence-corrected chi connectivity index (χ2v) is 10.4. The van der Waals surface area contributed by atoms with Gasteiger partial charge in [-0.3, -0.25) is 10.0 Å². The molecule has 0 saturated heterocycles. The molecule has 9 nitrogen and oxygen atoms in total. The number of hydrogen-bond acceptors (Lipinski definition) is 8. The summed E-state index contributed by atoms with van der Waals surface area (Å²) in [5, 5.41) is 13.6. The van der Waals surface area contributed by atoms with Gasteiger partial charge in [0.1, 0.15) is 23.3 Å². The van der Waals surface area contributed by atoms with Gasteiger partial charge in [0, 0.05) is 29.6 Å². The fourth-order valence-electron chi connectivity index (χ4n) is 2.83. The third-order valence-corrected chi connectivity index (χ3v) is 7.79. The van der Waals surface area contributed by atoms with Crippen molar-refractivity contribution in [2.75, 3.05) is 12.8 Å². The Hall–Kier alpha value is -2.57. The number of carbonyl (C=O) groups excluding carboxylic acids is 1. The summed E-state index contributed by atoms with van der Waals surface area (Å²) in [6.07, 6.45) is 0. The van der Waals surface area contributed by atoms with E-state index < -0.39 is 22.0 Å². The first-order chi connectivity index (χ1) is 15.7. The zero-order chi connectivity index (χ0) is 24.0. The van der Waals surface area contributed by atoms with E-state index in [0.717, 1.165) is 4.31 Å². The van der Waals surface area contributed by atoms with E-state index in [9.17, 15) is 13.2 Å². The Kier molecular flexibility index (Phi) is 8.38. The molecule has 3 aromatic rings. The number of aromatic nitrogens is 1. The van der Waals surface area contributed by atoms with Crippen LogP contribution in [0.3, 0.4) is 0 Å². The number of nitrogens with zero attached hydrogens (tertiary/aromatic N) is 2. The molecule has 176 valence electrons. The molecule has 1 atom stereocenters. The molecule has 0 unspecified atom stereocenters. The van der Waals surface area contributed by atoms with Gasteiger partial charge in [-0.25, -0.2) is 13.9 Å². The number of rotatable bonds is 10. The molecule has 1 heterocycles. The Bertz CT molecular complexity index is 1180. The summed E-state index contributed by atoms with van der Waals surface area (Å²) in [7, 11) is -2.75. The van der Waals surface area contributed by atoms with E-state index in [1.807, 2.05) is 0 Å². The van der Waals surface area contributed by atoms with Gasteiger partial charge in [0.2, 0.25) is 10.0 Å². The van der Waals surface area contributed by atoms with Crippen LogP contribution in [0.2, 0.25) is 5.02 Å². The van der Waals surface area contributed by atoms with E-state index in [4.69, 9.17) is 26.1 Å². The van der Waals surface area contributed by atoms with E-state index in [2.05, 4.69) is 5.16 Å². The Labute approximate surface area is 200 Å². The highest BCUT2D eigenvalue weighted by atomic mass is 35.5. The summed E-state index contributed by atoms with van der Waals surface area (Å²) >= 11 is 7.14. The first-order valence-electron chi connectivity index (χ1n) is 9.66. The van der Waals surface area contributed by atoms with Crippen LogP contribution in [-0.4, -0.2) is 47.8 Å². The summed E-state index contributed by atoms with van der Waals surface area (Å²) < 4.78 is 37.8. The molecule has 0 aliphatic carbocycles. The van der Waals surface area contributed by atoms with Crippen molar-refractivity contribution in [1.29, 1.82) is 0 Å². The number of hydroxylamine groups is 1. The summed E-state index contributed by atoms with van der Waals surface area (Å²) in [5.74, 6) is 1.29. The molecule has 3 rings (SSSR count). The van der Waals surface area contributed by atoms with Crippen molar-refractivity contribution < 1.29 is 27.7 Å². The molecule has 2 N–H and O–H groups in total. The van der Waals surface area contributed by atoms with Crippen LogP contribution in [0.15, 0.2) is 64.0 Å². The topological polar surface area (TPSA) is 122 Å². The highest BCUT2D eigenvalue weighted by Crippen LogP contribution is 2.26. The number of likely N-dealkylation sites (N-methyl/N-ethyl adjacent to an activating group) is 1. The molecular formula is C21H22ClN3O6S2. The van der Waals surface area contributed by atoms with Gasteiger partial charge in [0.25, 0.3) is 5.91 Å². The fourth-order valence-corrected chi connectivity index (χ4v) is 5.43. The average Bonchev–Trinajstić information content (AvgIpc) is 3.22. The Morgan fingerprint density at radius 1 is 1.21 bits per heavy atom. The molecule has 1 aromatic heterocycles. The maximum atomic E-state index is 13.1. The number of aryl methyl sites for hydroxylation is 1. The van der Waals surface area contributed by atoms with Gasteiger partial charge < -0.3 is 9.26 Å². The van der Waals surface area contributed by atoms with Gasteiger partial charge in [0.05, 0.1) is 10.6 Å². The molecule has 0 radical (unpaired) electrons. The molecular weight excluding hydrogens is 490 g/mol. The van der Waals surface area contributed by atoms with Crippen molar-refractivity contribution in [1.82, 2.24) is 14.9 Å². The van der Waals surface area contributed by atoms with Crippen LogP contribution in [0.1, 0.15) is 11.5 Å². The second-order valence-electron chi connectivity index (χ2n) is 6.98. The van der Waals surface area contributed by atoms with Crippen LogP contribution < -0.4 is 10.2 Å². The van der Waals surface area contributed by atoms with Gasteiger partial charge in [0.15, 0.2) is 0 Å². The lowest BCUT2D eigenvalue weighted by atomic mass is 10.3. The smallest absolute Gasteiger partial charge is 0.262 e. The molecule has 12 heteroatoms. The van der Waals surface area contributed by atoms with E-state index in [-0.39, 0.29) is 10.6 Å². The minimum Gasteiger partial charge on any atom is -0.457 e. The van der Waals surface area contributed by atoms with Crippen molar-refractivity contribution >= 4 is 39.3 Å². The average molecular weight is 512 g/mol. The SMILES string of the molecule is Cc1cc(CSC[C@H](C(=O)NO)N(C)S(=O)(=O)c2ccc(Oc3ccc(Cl)cc3)cc2)no1. The molecule has 33 heavy (non-hydrogen) atoms. The van der Waals surface area contributed by atoms with Gasteiger partial charge in [-0.2, -0.15) is 16.1 Å². The summed E-state index contributed by atoms with van der Waals surface area (Å²) in [6.45, 7) is 1.76. The maximum absolute atomic E-state index is 13.1. The number of amides is 1. The lowest BCUT2D eigenvalue weighted by molar-refractivity contribution is -0.132. The standard InChI is InChI=1S/C21H22ClN3O6S2/c1-14-11-16(24-31-14)12-32-13-20(21(26)23-27)25(2)33(28,29)19-9-7-18(8-10-19)30-17-5-3-15(22)4-6-17/h3-11,20,27H,12-13H2,1-2H3,(H,23,26)/t20-/m1/s1. The zero-order valence-electron chi connectivity index (χ0n) is 17.8. The zero-order valence-corrected chi connectivity index (χ0v) is 20.2. The van der Waals surface area contributed by atoms with E-state index in [1.165, 1.54) is 43.1 Å². The number of benzene rings is 2. The fraction of sp³-hybridized carbons (Fsp3) is 0.238. The van der Waals surface area contributed by atoms with Gasteiger partial charge >= 0.3 is 0 Å². The van der Waals surface area contributed by atoms with E-state index in [0.29, 0.717) is 33.7 Å². The molecule has 2 aromatic carbocycles. The van der Waals surface area contributed by atoms with Crippen LogP contribution in [0, 0.1) is 6.92 Å². The summed E-state index contributed by atoms with van der Waals surface area (Å²) in [5.41, 5.74) is 2.21. The Balaban J connectivity index is 1.70. The molecule has 0 saturated carbocycles. The molecule has 0 aliphatic heterocycles. The molecule has 1 amide bonds. The summed E-state index contributed by atoms with van der Waals surface area (Å²) in [6, 6.07) is 13.1. The Morgan fingerprint density at radius 2 is 1.82 bits per heavy atom. The van der Waals surface area contributed by atoms with Crippen LogP contribution in [-0.2, 0) is 20.6 Å². The third kappa shape index (κ3) is 6.49. The van der Waals surface area contributed by atoms with Crippen LogP contribution >= 0.6 is 23.4 Å². The minimum absolute atomic E-state index is 0.0266. The first kappa shape index (κ1) is 25.1. The third-order valence-electron chi connectivity index (χ3n) is 4.60. The number of hydrogen-bond donors (Lipinski definition) is 2. The first-order valence-corrected chi connectivity index (χ1v) is 12.6. The van der Waals surface area contributed by atoms with E-state index in [1.54, 1.807) is 42.7 Å². The molecule has 0 bridgehead atoms. The molecule has 0 aliphatic rings. The van der Waals surface area contributed by atoms with Crippen molar-refractivity contribution in [2.45, 2.75) is 23.6 Å². The largest absolute Gasteiger partial charge is 0.457 e. The normalized spacial score (nSPS) is 12.5. The number of halogens is 1. The monoisotopic (exact) mass is 511 g/mol. The van der Waals surface area contributed by atoms with E-state index >= 15 is 0 Å². The van der Waals surface area contributed by atoms with Gasteiger partial charge in [-0.05, 0) is 55.5 Å². The van der Waals surface area contributed by atoms with Crippen molar-refractivity contribution in [2.24, 2.45) is 0 Å². The van der Waals surface area contributed by atoms with Crippen molar-refractivity contribution in [3.8, 4) is 11.5 Å². The summed E-state index contributed by atoms with van der Waals surface area (Å²) in [4.78, 5) is 12.2. The number of nitrogens with one attached hydrogen (secondary N) is 1. The highest BCUT2D eigenvalue weighted by molar-refractivity contribution is 7.98. The second kappa shape index (κ2) is 11.0. The molecule has 0 spiro atoms. The Morgan fingerprint density at radius 3 is 2.36 bits per heavy atom. The van der Waals surface area contributed by atoms with Crippen molar-refractivity contribution in [3.05, 3.63) is 71.1 Å². The number of thioether (sulfide) groups is 1. The number of sulfonamides is 1. The van der Waals surface area contributed by atoms with Crippen LogP contribution in [0.4, 0.5) is 0 Å². The van der Waals surface area contributed by atoms with Crippen LogP contribution in [0.5, 0.6) is 11.5 Å². The van der Waals surface area contributed by atoms with Gasteiger partial charge in [-0.15, -0.1) is 0 Å². The lowest BCUT2D eigenvalue weighted by Crippen LogP contribution is -2.48. The molecule has 0 fully saturated rings. The van der Waals surface area contributed by atoms with Crippen LogP contribution in [0.25, 0.3) is 0 Å². The highest BCUT2D eigenvalue weighted by Gasteiger charge is 2.33. The quantitative estimate of drug-likeness (QED) is 0.311. The number of carbonyl (C=O) groups is 1. The minimum atomic E-state index is -4.04.